The number of rotatable bonds is 3. The van der Waals surface area contributed by atoms with E-state index in [9.17, 15) is 4.79 Å². The molecular formula is C22H23N5O. The number of hydrogen-bond acceptors (Lipinski definition) is 5. The Labute approximate surface area is 164 Å². The fraction of sp³-hybridized carbons (Fsp3) is 0.273. The zero-order chi connectivity index (χ0) is 19.3. The molecule has 28 heavy (non-hydrogen) atoms. The lowest BCUT2D eigenvalue weighted by molar-refractivity contribution is 0.0766. The lowest BCUT2D eigenvalue weighted by atomic mass is 10.0. The molecule has 1 amide bonds. The van der Waals surface area contributed by atoms with Crippen molar-refractivity contribution >= 4 is 11.9 Å². The van der Waals surface area contributed by atoms with E-state index in [0.29, 0.717) is 12.1 Å². The third-order valence-corrected chi connectivity index (χ3v) is 5.05. The molecule has 1 aliphatic rings. The van der Waals surface area contributed by atoms with Crippen LogP contribution in [0.15, 0.2) is 61.1 Å². The van der Waals surface area contributed by atoms with Gasteiger partial charge in [0.05, 0.1) is 11.3 Å². The highest BCUT2D eigenvalue weighted by atomic mass is 16.2. The van der Waals surface area contributed by atoms with E-state index in [1.54, 1.807) is 18.6 Å². The molecule has 6 nitrogen and oxygen atoms in total. The van der Waals surface area contributed by atoms with Gasteiger partial charge < -0.3 is 9.80 Å². The number of amides is 1. The van der Waals surface area contributed by atoms with Crippen molar-refractivity contribution in [3.63, 3.8) is 0 Å². The summed E-state index contributed by atoms with van der Waals surface area (Å²) < 4.78 is 0. The first-order chi connectivity index (χ1) is 13.7. The molecule has 3 aromatic rings. The minimum Gasteiger partial charge on any atom is -0.339 e. The lowest BCUT2D eigenvalue weighted by Crippen LogP contribution is -2.35. The summed E-state index contributed by atoms with van der Waals surface area (Å²) in [6, 6.07) is 13.7. The maximum Gasteiger partial charge on any atom is 0.255 e. The SMILES string of the molecule is Cc1ccccc1-c1ccc(C(=O)N2CCCN(c3ncccn3)CC2)cn1. The van der Waals surface area contributed by atoms with E-state index in [1.807, 2.05) is 41.3 Å². The van der Waals surface area contributed by atoms with E-state index in [2.05, 4.69) is 32.8 Å². The van der Waals surface area contributed by atoms with Crippen molar-refractivity contribution in [3.8, 4) is 11.3 Å². The first-order valence-electron chi connectivity index (χ1n) is 9.56. The van der Waals surface area contributed by atoms with Gasteiger partial charge in [0, 0.05) is 50.3 Å². The predicted molar refractivity (Wildman–Crippen MR) is 109 cm³/mol. The number of carbonyl (C=O) groups excluding carboxylic acids is 1. The van der Waals surface area contributed by atoms with Gasteiger partial charge in [0.15, 0.2) is 0 Å². The molecule has 1 aliphatic heterocycles. The minimum atomic E-state index is 0.0275. The summed E-state index contributed by atoms with van der Waals surface area (Å²) in [5, 5.41) is 0. The van der Waals surface area contributed by atoms with Crippen molar-refractivity contribution in [1.82, 2.24) is 19.9 Å². The molecule has 6 heteroatoms. The molecular weight excluding hydrogens is 350 g/mol. The van der Waals surface area contributed by atoms with Gasteiger partial charge in [-0.15, -0.1) is 0 Å². The Bertz CT molecular complexity index is 943. The van der Waals surface area contributed by atoms with Crippen molar-refractivity contribution in [1.29, 1.82) is 0 Å². The van der Waals surface area contributed by atoms with E-state index in [-0.39, 0.29) is 5.91 Å². The van der Waals surface area contributed by atoms with Gasteiger partial charge in [0.25, 0.3) is 5.91 Å². The molecule has 0 atom stereocenters. The number of benzene rings is 1. The summed E-state index contributed by atoms with van der Waals surface area (Å²) in [5.74, 6) is 0.751. The maximum absolute atomic E-state index is 12.9. The molecule has 1 aromatic carbocycles. The number of aromatic nitrogens is 3. The second-order valence-electron chi connectivity index (χ2n) is 6.93. The van der Waals surface area contributed by atoms with Gasteiger partial charge in [-0.3, -0.25) is 9.78 Å². The standard InChI is InChI=1S/C22H23N5O/c1-17-6-2-3-7-19(17)20-9-8-18(16-25-20)21(28)26-12-5-13-27(15-14-26)22-23-10-4-11-24-22/h2-4,6-11,16H,5,12-15H2,1H3. The quantitative estimate of drug-likeness (QED) is 0.706. The monoisotopic (exact) mass is 373 g/mol. The Morgan fingerprint density at radius 1 is 0.893 bits per heavy atom. The summed E-state index contributed by atoms with van der Waals surface area (Å²) in [5.41, 5.74) is 3.78. The first kappa shape index (κ1) is 18.1. The zero-order valence-electron chi connectivity index (χ0n) is 16.0. The Kier molecular flexibility index (Phi) is 5.28. The number of anilines is 1. The van der Waals surface area contributed by atoms with Gasteiger partial charge in [-0.05, 0) is 37.1 Å². The van der Waals surface area contributed by atoms with Crippen LogP contribution in [0.1, 0.15) is 22.3 Å². The number of pyridine rings is 1. The van der Waals surface area contributed by atoms with Crippen LogP contribution in [0.5, 0.6) is 0 Å². The molecule has 0 N–H and O–H groups in total. The van der Waals surface area contributed by atoms with Crippen LogP contribution < -0.4 is 4.90 Å². The smallest absolute Gasteiger partial charge is 0.255 e. The molecule has 0 spiro atoms. The molecule has 0 radical (unpaired) electrons. The third-order valence-electron chi connectivity index (χ3n) is 5.05. The second-order valence-corrected chi connectivity index (χ2v) is 6.93. The average Bonchev–Trinajstić information content (AvgIpc) is 3.01. The van der Waals surface area contributed by atoms with Gasteiger partial charge >= 0.3 is 0 Å². The highest BCUT2D eigenvalue weighted by Gasteiger charge is 2.21. The highest BCUT2D eigenvalue weighted by Crippen LogP contribution is 2.21. The van der Waals surface area contributed by atoms with Crippen LogP contribution in [0.4, 0.5) is 5.95 Å². The third kappa shape index (κ3) is 3.86. The molecule has 0 aliphatic carbocycles. The normalized spacial score (nSPS) is 14.6. The maximum atomic E-state index is 12.9. The molecule has 2 aromatic heterocycles. The van der Waals surface area contributed by atoms with E-state index in [1.165, 1.54) is 5.56 Å². The predicted octanol–water partition coefficient (Wildman–Crippen LogP) is 3.20. The van der Waals surface area contributed by atoms with Crippen LogP contribution >= 0.6 is 0 Å². The van der Waals surface area contributed by atoms with E-state index in [0.717, 1.165) is 43.3 Å². The van der Waals surface area contributed by atoms with Gasteiger partial charge in [0.2, 0.25) is 5.95 Å². The van der Waals surface area contributed by atoms with Gasteiger partial charge in [-0.2, -0.15) is 0 Å². The molecule has 4 rings (SSSR count). The summed E-state index contributed by atoms with van der Waals surface area (Å²) in [7, 11) is 0. The van der Waals surface area contributed by atoms with Crippen molar-refractivity contribution in [2.45, 2.75) is 13.3 Å². The van der Waals surface area contributed by atoms with Crippen LogP contribution in [0.25, 0.3) is 11.3 Å². The topological polar surface area (TPSA) is 62.2 Å². The Morgan fingerprint density at radius 2 is 1.71 bits per heavy atom. The minimum absolute atomic E-state index is 0.0275. The van der Waals surface area contributed by atoms with Crippen LogP contribution in [-0.4, -0.2) is 51.9 Å². The summed E-state index contributed by atoms with van der Waals surface area (Å²) >= 11 is 0. The Balaban J connectivity index is 1.45. The lowest BCUT2D eigenvalue weighted by Gasteiger charge is -2.22. The van der Waals surface area contributed by atoms with Crippen LogP contribution in [-0.2, 0) is 0 Å². The van der Waals surface area contributed by atoms with Crippen LogP contribution in [0.2, 0.25) is 0 Å². The number of nitrogens with zero attached hydrogens (tertiary/aromatic N) is 5. The van der Waals surface area contributed by atoms with Gasteiger partial charge in [-0.1, -0.05) is 24.3 Å². The number of hydrogen-bond donors (Lipinski definition) is 0. The summed E-state index contributed by atoms with van der Waals surface area (Å²) in [4.78, 5) is 30.1. The fourth-order valence-corrected chi connectivity index (χ4v) is 3.50. The molecule has 1 fully saturated rings. The molecule has 3 heterocycles. The van der Waals surface area contributed by atoms with Crippen LogP contribution in [0.3, 0.4) is 0 Å². The van der Waals surface area contributed by atoms with Crippen LogP contribution in [0, 0.1) is 6.92 Å². The van der Waals surface area contributed by atoms with Crippen molar-refractivity contribution in [3.05, 3.63) is 72.2 Å². The summed E-state index contributed by atoms with van der Waals surface area (Å²) in [6.45, 7) is 5.01. The van der Waals surface area contributed by atoms with Gasteiger partial charge in [0.1, 0.15) is 0 Å². The van der Waals surface area contributed by atoms with E-state index < -0.39 is 0 Å². The number of carbonyl (C=O) groups is 1. The Morgan fingerprint density at radius 3 is 2.46 bits per heavy atom. The molecule has 1 saturated heterocycles. The molecule has 142 valence electrons. The van der Waals surface area contributed by atoms with E-state index >= 15 is 0 Å². The van der Waals surface area contributed by atoms with Crippen molar-refractivity contribution < 1.29 is 4.79 Å². The van der Waals surface area contributed by atoms with E-state index in [4.69, 9.17) is 0 Å². The first-order valence-corrected chi connectivity index (χ1v) is 9.56. The molecule has 0 saturated carbocycles. The number of aryl methyl sites for hydroxylation is 1. The zero-order valence-corrected chi connectivity index (χ0v) is 16.0. The Hall–Kier alpha value is -3.28. The fourth-order valence-electron chi connectivity index (χ4n) is 3.50. The average molecular weight is 373 g/mol. The van der Waals surface area contributed by atoms with Crippen molar-refractivity contribution in [2.75, 3.05) is 31.1 Å². The molecule has 0 unspecified atom stereocenters. The highest BCUT2D eigenvalue weighted by molar-refractivity contribution is 5.94. The van der Waals surface area contributed by atoms with Gasteiger partial charge in [-0.25, -0.2) is 9.97 Å². The molecule has 0 bridgehead atoms. The summed E-state index contributed by atoms with van der Waals surface area (Å²) in [6.07, 6.45) is 6.07. The largest absolute Gasteiger partial charge is 0.339 e. The van der Waals surface area contributed by atoms with Crippen molar-refractivity contribution in [2.24, 2.45) is 0 Å². The second kappa shape index (κ2) is 8.17.